The molecule has 3 rings (SSSR count). The molecule has 2 aromatic carbocycles. The topological polar surface area (TPSA) is 62.1 Å². The van der Waals surface area contributed by atoms with Crippen LogP contribution in [-0.2, 0) is 0 Å². The van der Waals surface area contributed by atoms with Gasteiger partial charge in [-0.1, -0.05) is 35.9 Å². The number of hydrogen-bond acceptors (Lipinski definition) is 3. The van der Waals surface area contributed by atoms with Gasteiger partial charge in [0.25, 0.3) is 5.91 Å². The van der Waals surface area contributed by atoms with Crippen molar-refractivity contribution in [3.05, 3.63) is 71.4 Å². The fourth-order valence-corrected chi connectivity index (χ4v) is 2.35. The molecule has 104 valence electrons. The Kier molecular flexibility index (Phi) is 3.06. The summed E-state index contributed by atoms with van der Waals surface area (Å²) in [6.45, 7) is 1.92. The highest BCUT2D eigenvalue weighted by Crippen LogP contribution is 2.21. The van der Waals surface area contributed by atoms with Crippen LogP contribution in [-0.4, -0.2) is 16.4 Å². The van der Waals surface area contributed by atoms with Gasteiger partial charge in [0.05, 0.1) is 17.2 Å². The van der Waals surface area contributed by atoms with Crippen LogP contribution in [0.5, 0.6) is 0 Å². The predicted molar refractivity (Wildman–Crippen MR) is 77.2 cm³/mol. The molecule has 0 radical (unpaired) electrons. The lowest BCUT2D eigenvalue weighted by molar-refractivity contribution is -0.255. The van der Waals surface area contributed by atoms with Crippen molar-refractivity contribution >= 4 is 22.8 Å². The summed E-state index contributed by atoms with van der Waals surface area (Å²) in [6, 6.07) is 15.5. The first-order valence-electron chi connectivity index (χ1n) is 6.51. The molecular weight excluding hydrogens is 266 g/mol. The van der Waals surface area contributed by atoms with Gasteiger partial charge in [0, 0.05) is 10.9 Å². The molecule has 0 bridgehead atoms. The number of carbonyl (C=O) groups excluding carboxylic acids is 2. The highest BCUT2D eigenvalue weighted by molar-refractivity contribution is 6.07. The SMILES string of the molecule is Cc1ccc(C(=O)n2c(C(=O)[O-])cc3ccccc32)cc1. The summed E-state index contributed by atoms with van der Waals surface area (Å²) >= 11 is 0. The molecule has 0 spiro atoms. The normalized spacial score (nSPS) is 10.7. The lowest BCUT2D eigenvalue weighted by Gasteiger charge is -2.10. The number of nitrogens with zero attached hydrogens (tertiary/aromatic N) is 1. The number of aryl methyl sites for hydroxylation is 1. The first-order valence-corrected chi connectivity index (χ1v) is 6.51. The molecule has 0 aliphatic rings. The molecule has 0 saturated carbocycles. The number of para-hydroxylation sites is 1. The largest absolute Gasteiger partial charge is 0.543 e. The van der Waals surface area contributed by atoms with Crippen molar-refractivity contribution in [3.63, 3.8) is 0 Å². The zero-order chi connectivity index (χ0) is 15.0. The van der Waals surface area contributed by atoms with Crippen LogP contribution in [0.4, 0.5) is 0 Å². The highest BCUT2D eigenvalue weighted by Gasteiger charge is 2.17. The zero-order valence-corrected chi connectivity index (χ0v) is 11.4. The minimum atomic E-state index is -1.37. The van der Waals surface area contributed by atoms with Crippen molar-refractivity contribution in [3.8, 4) is 0 Å². The van der Waals surface area contributed by atoms with Crippen molar-refractivity contribution in [2.45, 2.75) is 6.92 Å². The molecule has 21 heavy (non-hydrogen) atoms. The Morgan fingerprint density at radius 3 is 2.33 bits per heavy atom. The standard InChI is InChI=1S/C17H13NO3/c1-11-6-8-12(9-7-11)16(19)18-14-5-3-2-4-13(14)10-15(18)17(20)21/h2-10H,1H3,(H,20,21)/p-1. The van der Waals surface area contributed by atoms with E-state index in [1.807, 2.05) is 19.1 Å². The number of carboxylic acids is 1. The lowest BCUT2D eigenvalue weighted by atomic mass is 10.1. The van der Waals surface area contributed by atoms with Crippen molar-refractivity contribution in [1.82, 2.24) is 4.57 Å². The molecular formula is C17H12NO3-. The number of fused-ring (bicyclic) bond motifs is 1. The van der Waals surface area contributed by atoms with Crippen molar-refractivity contribution in [2.24, 2.45) is 0 Å². The zero-order valence-electron chi connectivity index (χ0n) is 11.4. The number of carboxylic acid groups (broad SMARTS) is 1. The van der Waals surface area contributed by atoms with E-state index >= 15 is 0 Å². The van der Waals surface area contributed by atoms with Gasteiger partial charge in [-0.05, 0) is 31.2 Å². The van der Waals surface area contributed by atoms with E-state index in [-0.39, 0.29) is 11.6 Å². The molecule has 0 saturated heterocycles. The molecule has 0 aliphatic carbocycles. The molecule has 1 heterocycles. The second-order valence-corrected chi connectivity index (χ2v) is 4.88. The lowest BCUT2D eigenvalue weighted by Crippen LogP contribution is -2.28. The van der Waals surface area contributed by atoms with Gasteiger partial charge in [0.1, 0.15) is 0 Å². The van der Waals surface area contributed by atoms with Gasteiger partial charge in [0.2, 0.25) is 0 Å². The Morgan fingerprint density at radius 2 is 1.67 bits per heavy atom. The molecule has 3 aromatic rings. The summed E-state index contributed by atoms with van der Waals surface area (Å²) in [7, 11) is 0. The van der Waals surface area contributed by atoms with E-state index in [1.54, 1.807) is 36.4 Å². The van der Waals surface area contributed by atoms with Crippen LogP contribution in [0, 0.1) is 6.92 Å². The van der Waals surface area contributed by atoms with E-state index in [9.17, 15) is 14.7 Å². The van der Waals surface area contributed by atoms with E-state index in [2.05, 4.69) is 0 Å². The van der Waals surface area contributed by atoms with Crippen LogP contribution in [0.2, 0.25) is 0 Å². The fraction of sp³-hybridized carbons (Fsp3) is 0.0588. The number of benzene rings is 2. The Bertz CT molecular complexity index is 844. The van der Waals surface area contributed by atoms with Crippen LogP contribution in [0.1, 0.15) is 26.4 Å². The van der Waals surface area contributed by atoms with E-state index in [4.69, 9.17) is 0 Å². The first kappa shape index (κ1) is 13.1. The second-order valence-electron chi connectivity index (χ2n) is 4.88. The molecule has 4 nitrogen and oxygen atoms in total. The Morgan fingerprint density at radius 1 is 1.00 bits per heavy atom. The Hall–Kier alpha value is -2.88. The van der Waals surface area contributed by atoms with Crippen molar-refractivity contribution in [2.75, 3.05) is 0 Å². The van der Waals surface area contributed by atoms with Gasteiger partial charge >= 0.3 is 0 Å². The molecule has 0 aliphatic heterocycles. The molecule has 4 heteroatoms. The second kappa shape index (κ2) is 4.90. The summed E-state index contributed by atoms with van der Waals surface area (Å²) < 4.78 is 1.19. The number of aromatic carboxylic acids is 1. The molecule has 0 amide bonds. The Labute approximate surface area is 121 Å². The van der Waals surface area contributed by atoms with Gasteiger partial charge in [-0.15, -0.1) is 0 Å². The van der Waals surface area contributed by atoms with Crippen LogP contribution < -0.4 is 5.11 Å². The third-order valence-electron chi connectivity index (χ3n) is 3.42. The summed E-state index contributed by atoms with van der Waals surface area (Å²) in [6.07, 6.45) is 0. The quantitative estimate of drug-likeness (QED) is 0.720. The van der Waals surface area contributed by atoms with Crippen LogP contribution in [0.25, 0.3) is 10.9 Å². The third kappa shape index (κ3) is 2.21. The van der Waals surface area contributed by atoms with Crippen LogP contribution >= 0.6 is 0 Å². The average molecular weight is 278 g/mol. The summed E-state index contributed by atoms with van der Waals surface area (Å²) in [5.74, 6) is -1.75. The molecule has 0 fully saturated rings. The number of rotatable bonds is 2. The number of carbonyl (C=O) groups is 2. The van der Waals surface area contributed by atoms with Crippen molar-refractivity contribution < 1.29 is 14.7 Å². The third-order valence-corrected chi connectivity index (χ3v) is 3.42. The molecule has 0 N–H and O–H groups in total. The van der Waals surface area contributed by atoms with Gasteiger partial charge < -0.3 is 9.90 Å². The minimum absolute atomic E-state index is 0.137. The van der Waals surface area contributed by atoms with Crippen molar-refractivity contribution in [1.29, 1.82) is 0 Å². The molecule has 0 unspecified atom stereocenters. The van der Waals surface area contributed by atoms with Crippen LogP contribution in [0.3, 0.4) is 0 Å². The number of hydrogen-bond donors (Lipinski definition) is 0. The van der Waals surface area contributed by atoms with E-state index in [0.29, 0.717) is 16.5 Å². The predicted octanol–water partition coefficient (Wildman–Crippen LogP) is 2.00. The van der Waals surface area contributed by atoms with Gasteiger partial charge in [-0.2, -0.15) is 0 Å². The van der Waals surface area contributed by atoms with Gasteiger partial charge in [0.15, 0.2) is 0 Å². The monoisotopic (exact) mass is 278 g/mol. The summed E-state index contributed by atoms with van der Waals surface area (Å²) in [5, 5.41) is 12.0. The number of aromatic nitrogens is 1. The minimum Gasteiger partial charge on any atom is -0.543 e. The van der Waals surface area contributed by atoms with Crippen LogP contribution in [0.15, 0.2) is 54.6 Å². The maximum atomic E-state index is 12.6. The maximum absolute atomic E-state index is 12.6. The molecule has 1 aromatic heterocycles. The summed E-state index contributed by atoms with van der Waals surface area (Å²) in [4.78, 5) is 23.9. The fourth-order valence-electron chi connectivity index (χ4n) is 2.35. The van der Waals surface area contributed by atoms with Gasteiger partial charge in [-0.25, -0.2) is 0 Å². The van der Waals surface area contributed by atoms with E-state index in [0.717, 1.165) is 5.56 Å². The first-order chi connectivity index (χ1) is 10.1. The maximum Gasteiger partial charge on any atom is 0.262 e. The average Bonchev–Trinajstić information content (AvgIpc) is 2.87. The smallest absolute Gasteiger partial charge is 0.262 e. The Balaban J connectivity index is 2.23. The highest BCUT2D eigenvalue weighted by atomic mass is 16.4. The van der Waals surface area contributed by atoms with E-state index in [1.165, 1.54) is 10.6 Å². The molecule has 0 atom stereocenters. The van der Waals surface area contributed by atoms with Gasteiger partial charge in [-0.3, -0.25) is 9.36 Å². The summed E-state index contributed by atoms with van der Waals surface area (Å²) in [5.41, 5.74) is 1.89. The van der Waals surface area contributed by atoms with E-state index < -0.39 is 5.97 Å².